The second-order valence-corrected chi connectivity index (χ2v) is 6.70. The largest absolute Gasteiger partial charge is 0.512 e. The van der Waals surface area contributed by atoms with Gasteiger partial charge in [0.15, 0.2) is 5.78 Å². The summed E-state index contributed by atoms with van der Waals surface area (Å²) < 4.78 is 4.38. The molecule has 0 saturated heterocycles. The van der Waals surface area contributed by atoms with Crippen LogP contribution in [0.3, 0.4) is 0 Å². The maximum atomic E-state index is 10.0. The standard InChI is InChI=1S/C19H12N3.C5H8O2.Ir/c1-2-8-14(9-3-1)21-17-12-6-7-13-18(17)22-16-11-5-4-10-15(16)20-19(21)22;1-4(6)3-5(2)7;/h1-8,10-13H;3,6H,1-2H3;/q-1;;/b;4-3-;. The summed E-state index contributed by atoms with van der Waals surface area (Å²) in [5.74, 6) is 0.859. The van der Waals surface area contributed by atoms with E-state index in [0.29, 0.717) is 0 Å². The fraction of sp³-hybridized carbons (Fsp3) is 0.0833. The van der Waals surface area contributed by atoms with Crippen molar-refractivity contribution in [3.05, 3.63) is 90.7 Å². The third kappa shape index (κ3) is 4.06. The minimum atomic E-state index is -0.125. The van der Waals surface area contributed by atoms with Gasteiger partial charge in [0, 0.05) is 26.2 Å². The van der Waals surface area contributed by atoms with Crippen LogP contribution < -0.4 is 0 Å². The maximum absolute atomic E-state index is 10.0. The van der Waals surface area contributed by atoms with Crippen molar-refractivity contribution >= 4 is 33.6 Å². The molecule has 0 unspecified atom stereocenters. The number of ketones is 1. The molecule has 0 atom stereocenters. The molecule has 0 saturated carbocycles. The first kappa shape index (κ1) is 21.5. The van der Waals surface area contributed by atoms with E-state index >= 15 is 0 Å². The van der Waals surface area contributed by atoms with Crippen LogP contribution in [-0.4, -0.2) is 24.8 Å². The summed E-state index contributed by atoms with van der Waals surface area (Å²) >= 11 is 0. The number of imidazole rings is 2. The quantitative estimate of drug-likeness (QED) is 0.178. The van der Waals surface area contributed by atoms with Crippen LogP contribution in [-0.2, 0) is 24.9 Å². The molecule has 3 aromatic carbocycles. The molecule has 0 aliphatic carbocycles. The van der Waals surface area contributed by atoms with Crippen LogP contribution >= 0.6 is 0 Å². The number of carbonyl (C=O) groups excluding carboxylic acids is 1. The Kier molecular flexibility index (Phi) is 6.50. The molecule has 1 radical (unpaired) electrons. The first-order chi connectivity index (χ1) is 14.1. The molecule has 5 nitrogen and oxygen atoms in total. The smallest absolute Gasteiger partial charge is 0.218 e. The van der Waals surface area contributed by atoms with E-state index in [4.69, 9.17) is 10.1 Å². The Labute approximate surface area is 187 Å². The topological polar surface area (TPSA) is 59.5 Å². The van der Waals surface area contributed by atoms with Crippen molar-refractivity contribution in [2.24, 2.45) is 0 Å². The molecule has 153 valence electrons. The summed E-state index contributed by atoms with van der Waals surface area (Å²) in [6, 6.07) is 27.9. The number of carbonyl (C=O) groups is 1. The Bertz CT molecular complexity index is 1350. The third-order valence-corrected chi connectivity index (χ3v) is 4.45. The number of aromatic nitrogens is 3. The average molecular weight is 575 g/mol. The van der Waals surface area contributed by atoms with Gasteiger partial charge in [-0.3, -0.25) is 9.20 Å². The van der Waals surface area contributed by atoms with Gasteiger partial charge in [-0.15, -0.1) is 6.07 Å². The molecule has 6 heteroatoms. The molecule has 0 spiro atoms. The van der Waals surface area contributed by atoms with E-state index < -0.39 is 0 Å². The average Bonchev–Trinajstić information content (AvgIpc) is 3.22. The Hall–Kier alpha value is -3.21. The van der Waals surface area contributed by atoms with Gasteiger partial charge in [0.1, 0.15) is 0 Å². The molecular weight excluding hydrogens is 555 g/mol. The van der Waals surface area contributed by atoms with Crippen LogP contribution in [0.25, 0.3) is 33.5 Å². The van der Waals surface area contributed by atoms with Gasteiger partial charge in [-0.05, 0) is 38.1 Å². The molecule has 30 heavy (non-hydrogen) atoms. The van der Waals surface area contributed by atoms with E-state index in [1.807, 2.05) is 24.3 Å². The Balaban J connectivity index is 0.000000281. The van der Waals surface area contributed by atoms with E-state index in [2.05, 4.69) is 63.6 Å². The fourth-order valence-corrected chi connectivity index (χ4v) is 3.41. The minimum Gasteiger partial charge on any atom is -0.512 e. The van der Waals surface area contributed by atoms with Crippen molar-refractivity contribution in [1.82, 2.24) is 14.0 Å². The van der Waals surface area contributed by atoms with E-state index in [1.165, 1.54) is 19.9 Å². The fourth-order valence-electron chi connectivity index (χ4n) is 3.41. The zero-order chi connectivity index (χ0) is 20.4. The van der Waals surface area contributed by atoms with E-state index in [9.17, 15) is 4.79 Å². The summed E-state index contributed by atoms with van der Waals surface area (Å²) in [6.45, 7) is 2.85. The number of hydrogen-bond donors (Lipinski definition) is 1. The summed E-state index contributed by atoms with van der Waals surface area (Å²) in [6.07, 6.45) is 1.17. The Morgan fingerprint density at radius 3 is 2.17 bits per heavy atom. The Morgan fingerprint density at radius 2 is 1.57 bits per heavy atom. The van der Waals surface area contributed by atoms with Gasteiger partial charge in [0.25, 0.3) is 0 Å². The molecule has 0 aliphatic heterocycles. The number of rotatable bonds is 2. The second kappa shape index (κ2) is 9.07. The van der Waals surface area contributed by atoms with Gasteiger partial charge in [0.2, 0.25) is 5.78 Å². The van der Waals surface area contributed by atoms with Crippen LogP contribution in [0.1, 0.15) is 13.8 Å². The molecule has 0 bridgehead atoms. The number of aliphatic hydroxyl groups is 1. The SMILES string of the molecule is CC(=O)/C=C(/C)O.[Ir].[c-]1ccccc1-n1c2ccccc2n2c3ccccc3nc12. The molecule has 1 N–H and O–H groups in total. The van der Waals surface area contributed by atoms with E-state index in [-0.39, 0.29) is 31.6 Å². The van der Waals surface area contributed by atoms with Crippen molar-refractivity contribution in [3.8, 4) is 5.69 Å². The molecule has 2 heterocycles. The number of aliphatic hydroxyl groups excluding tert-OH is 1. The zero-order valence-electron chi connectivity index (χ0n) is 16.5. The molecule has 5 rings (SSSR count). The van der Waals surface area contributed by atoms with Crippen molar-refractivity contribution < 1.29 is 30.0 Å². The summed E-state index contributed by atoms with van der Waals surface area (Å²) in [7, 11) is 0. The van der Waals surface area contributed by atoms with E-state index in [1.54, 1.807) is 0 Å². The minimum absolute atomic E-state index is 0. The van der Waals surface area contributed by atoms with E-state index in [0.717, 1.165) is 33.5 Å². The number of para-hydroxylation sites is 5. The summed E-state index contributed by atoms with van der Waals surface area (Å²) in [5, 5.41) is 8.36. The first-order valence-corrected chi connectivity index (χ1v) is 9.28. The number of fused-ring (bicyclic) bond motifs is 5. The van der Waals surface area contributed by atoms with Crippen molar-refractivity contribution in [1.29, 1.82) is 0 Å². The maximum Gasteiger partial charge on any atom is 0.218 e. The predicted molar refractivity (Wildman–Crippen MR) is 115 cm³/mol. The normalized spacial score (nSPS) is 11.2. The van der Waals surface area contributed by atoms with Crippen molar-refractivity contribution in [2.75, 3.05) is 0 Å². The van der Waals surface area contributed by atoms with Crippen LogP contribution in [0.4, 0.5) is 0 Å². The van der Waals surface area contributed by atoms with Gasteiger partial charge in [-0.1, -0.05) is 30.0 Å². The van der Waals surface area contributed by atoms with Gasteiger partial charge in [-0.25, -0.2) is 4.98 Å². The number of nitrogens with zero attached hydrogens (tertiary/aromatic N) is 3. The predicted octanol–water partition coefficient (Wildman–Crippen LogP) is 5.27. The monoisotopic (exact) mass is 575 g/mol. The van der Waals surface area contributed by atoms with Gasteiger partial charge >= 0.3 is 0 Å². The van der Waals surface area contributed by atoms with Crippen LogP contribution in [0.15, 0.2) is 84.6 Å². The van der Waals surface area contributed by atoms with Gasteiger partial charge < -0.3 is 9.67 Å². The molecule has 0 aliphatic rings. The molecule has 0 amide bonds. The van der Waals surface area contributed by atoms with Gasteiger partial charge in [-0.2, -0.15) is 24.3 Å². The van der Waals surface area contributed by atoms with Crippen LogP contribution in [0.2, 0.25) is 0 Å². The molecule has 0 fully saturated rings. The van der Waals surface area contributed by atoms with Crippen molar-refractivity contribution in [3.63, 3.8) is 0 Å². The van der Waals surface area contributed by atoms with Crippen molar-refractivity contribution in [2.45, 2.75) is 13.8 Å². The van der Waals surface area contributed by atoms with Crippen LogP contribution in [0.5, 0.6) is 0 Å². The van der Waals surface area contributed by atoms with Crippen LogP contribution in [0, 0.1) is 6.07 Å². The number of allylic oxidation sites excluding steroid dienone is 2. The summed E-state index contributed by atoms with van der Waals surface area (Å²) in [5.41, 5.74) is 5.43. The number of hydrogen-bond acceptors (Lipinski definition) is 3. The Morgan fingerprint density at radius 1 is 0.933 bits per heavy atom. The van der Waals surface area contributed by atoms with Gasteiger partial charge in [0.05, 0.1) is 27.8 Å². The molecule has 2 aromatic heterocycles. The number of benzene rings is 3. The zero-order valence-corrected chi connectivity index (χ0v) is 18.9. The summed E-state index contributed by atoms with van der Waals surface area (Å²) in [4.78, 5) is 14.9. The second-order valence-electron chi connectivity index (χ2n) is 6.70. The third-order valence-electron chi connectivity index (χ3n) is 4.45. The first-order valence-electron chi connectivity index (χ1n) is 9.28. The molecular formula is C24H20IrN3O2-. The molecule has 5 aromatic rings.